The van der Waals surface area contributed by atoms with E-state index >= 15 is 0 Å². The van der Waals surface area contributed by atoms with Gasteiger partial charge in [0, 0.05) is 38.1 Å². The number of aromatic nitrogens is 4. The van der Waals surface area contributed by atoms with Crippen LogP contribution in [0.15, 0.2) is 47.4 Å². The van der Waals surface area contributed by atoms with Gasteiger partial charge in [-0.05, 0) is 37.8 Å². The number of anilines is 2. The summed E-state index contributed by atoms with van der Waals surface area (Å²) in [5, 5.41) is 13.0. The molecule has 0 atom stereocenters. The van der Waals surface area contributed by atoms with Gasteiger partial charge in [0.25, 0.3) is 11.8 Å². The first kappa shape index (κ1) is 21.3. The van der Waals surface area contributed by atoms with Crippen LogP contribution in [0.25, 0.3) is 11.5 Å². The lowest BCUT2D eigenvalue weighted by Crippen LogP contribution is -2.26. The molecule has 4 rings (SSSR count). The van der Waals surface area contributed by atoms with E-state index in [4.69, 9.17) is 4.42 Å². The summed E-state index contributed by atoms with van der Waals surface area (Å²) < 4.78 is 6.99. The van der Waals surface area contributed by atoms with Crippen molar-refractivity contribution in [2.75, 3.05) is 23.7 Å². The Bertz CT molecular complexity index is 1130. The van der Waals surface area contributed by atoms with E-state index < -0.39 is 5.91 Å². The van der Waals surface area contributed by atoms with Gasteiger partial charge in [0.1, 0.15) is 12.1 Å². The number of hydrogen-bond acceptors (Lipinski definition) is 7. The number of aryl methyl sites for hydroxylation is 1. The van der Waals surface area contributed by atoms with Gasteiger partial charge in [-0.25, -0.2) is 9.97 Å². The second-order valence-corrected chi connectivity index (χ2v) is 7.43. The Balaban J connectivity index is 1.59. The van der Waals surface area contributed by atoms with Crippen LogP contribution in [0.2, 0.25) is 0 Å². The lowest BCUT2D eigenvalue weighted by atomic mass is 10.2. The van der Waals surface area contributed by atoms with Crippen LogP contribution in [0.5, 0.6) is 0 Å². The highest BCUT2D eigenvalue weighted by Gasteiger charge is 2.20. The summed E-state index contributed by atoms with van der Waals surface area (Å²) in [5.74, 6) is 0.183. The molecule has 4 bridgehead atoms. The van der Waals surface area contributed by atoms with Gasteiger partial charge in [0.05, 0.1) is 5.69 Å². The molecule has 0 spiro atoms. The first-order chi connectivity index (χ1) is 15.6. The van der Waals surface area contributed by atoms with Crippen LogP contribution >= 0.6 is 0 Å². The van der Waals surface area contributed by atoms with Crippen molar-refractivity contribution in [1.82, 2.24) is 25.1 Å². The van der Waals surface area contributed by atoms with Gasteiger partial charge >= 0.3 is 0 Å². The quantitative estimate of drug-likeness (QED) is 0.463. The molecule has 0 aliphatic carbocycles. The molecule has 0 unspecified atom stereocenters. The summed E-state index contributed by atoms with van der Waals surface area (Å²) in [4.78, 5) is 33.9. The van der Waals surface area contributed by atoms with Crippen LogP contribution in [0.1, 0.15) is 46.7 Å². The molecule has 166 valence electrons. The van der Waals surface area contributed by atoms with Crippen molar-refractivity contribution in [1.29, 1.82) is 0 Å². The number of fused-ring (bicyclic) bond motifs is 6. The summed E-state index contributed by atoms with van der Waals surface area (Å²) in [6, 6.07) is 3.59. The molecule has 2 amide bonds. The lowest BCUT2D eigenvalue weighted by molar-refractivity contribution is 0.0948. The van der Waals surface area contributed by atoms with Crippen molar-refractivity contribution in [3.05, 3.63) is 54.3 Å². The first-order valence-electron chi connectivity index (χ1n) is 10.5. The molecule has 3 aromatic rings. The van der Waals surface area contributed by atoms with Crippen LogP contribution in [-0.2, 0) is 7.05 Å². The number of oxazole rings is 1. The predicted molar refractivity (Wildman–Crippen MR) is 119 cm³/mol. The molecule has 0 radical (unpaired) electrons. The molecule has 0 saturated heterocycles. The number of amides is 2. The molecular formula is C22H25N7O3. The molecule has 10 nitrogen and oxygen atoms in total. The predicted octanol–water partition coefficient (Wildman–Crippen LogP) is 2.99. The highest BCUT2D eigenvalue weighted by molar-refractivity contribution is 6.07. The molecular weight excluding hydrogens is 410 g/mol. The fraction of sp³-hybridized carbons (Fsp3) is 0.318. The van der Waals surface area contributed by atoms with Crippen LogP contribution in [0.4, 0.5) is 11.5 Å². The zero-order valence-electron chi connectivity index (χ0n) is 17.8. The van der Waals surface area contributed by atoms with Crippen LogP contribution in [-0.4, -0.2) is 44.7 Å². The van der Waals surface area contributed by atoms with Crippen LogP contribution < -0.4 is 16.0 Å². The average Bonchev–Trinajstić information content (AvgIpc) is 3.41. The third-order valence-electron chi connectivity index (χ3n) is 4.89. The maximum atomic E-state index is 12.7. The van der Waals surface area contributed by atoms with Crippen LogP contribution in [0, 0.1) is 0 Å². The SMILES string of the molecule is Cn1cc2c(n1)C(=O)NCCC/C=C\CCCNc1cc(ccn1)-c1nc(co1)C(=O)N2. The summed E-state index contributed by atoms with van der Waals surface area (Å²) in [6.45, 7) is 1.30. The highest BCUT2D eigenvalue weighted by Crippen LogP contribution is 2.22. The molecule has 4 heterocycles. The van der Waals surface area contributed by atoms with E-state index in [9.17, 15) is 9.59 Å². The molecule has 10 heteroatoms. The Morgan fingerprint density at radius 3 is 2.66 bits per heavy atom. The van der Waals surface area contributed by atoms with E-state index in [-0.39, 0.29) is 17.3 Å². The van der Waals surface area contributed by atoms with Crippen molar-refractivity contribution in [3.8, 4) is 11.5 Å². The number of pyridine rings is 1. The van der Waals surface area contributed by atoms with Gasteiger partial charge in [0.15, 0.2) is 11.4 Å². The van der Waals surface area contributed by atoms with E-state index in [2.05, 4.69) is 43.2 Å². The zero-order valence-corrected chi connectivity index (χ0v) is 17.8. The Kier molecular flexibility index (Phi) is 6.59. The summed E-state index contributed by atoms with van der Waals surface area (Å²) in [5.41, 5.74) is 1.25. The van der Waals surface area contributed by atoms with Crippen LogP contribution in [0.3, 0.4) is 0 Å². The summed E-state index contributed by atoms with van der Waals surface area (Å²) in [7, 11) is 1.69. The monoisotopic (exact) mass is 435 g/mol. The van der Waals surface area contributed by atoms with Gasteiger partial charge in [-0.3, -0.25) is 14.3 Å². The minimum Gasteiger partial charge on any atom is -0.444 e. The third-order valence-corrected chi connectivity index (χ3v) is 4.89. The summed E-state index contributed by atoms with van der Waals surface area (Å²) >= 11 is 0. The van der Waals surface area contributed by atoms with Crippen molar-refractivity contribution in [3.63, 3.8) is 0 Å². The largest absolute Gasteiger partial charge is 0.444 e. The Morgan fingerprint density at radius 1 is 1.06 bits per heavy atom. The number of nitrogens with zero attached hydrogens (tertiary/aromatic N) is 4. The molecule has 1 aliphatic rings. The number of hydrogen-bond donors (Lipinski definition) is 3. The van der Waals surface area contributed by atoms with Gasteiger partial charge in [-0.15, -0.1) is 0 Å². The maximum Gasteiger partial charge on any atom is 0.277 e. The fourth-order valence-electron chi connectivity index (χ4n) is 3.28. The lowest BCUT2D eigenvalue weighted by Gasteiger charge is -2.05. The van der Waals surface area contributed by atoms with E-state index in [1.54, 1.807) is 25.5 Å². The fourth-order valence-corrected chi connectivity index (χ4v) is 3.28. The molecule has 0 saturated carbocycles. The standard InChI is InChI=1S/C22H25N7O3/c1-29-13-16-19(28-29)21(31)25-10-7-5-3-2-4-6-9-23-18-12-15(8-11-24-18)22-27-17(14-32-22)20(30)26-16/h2-3,8,11-14H,4-7,9-10H2,1H3,(H,23,24)(H,25,31)(H,26,30)/b3-2-. The average molecular weight is 435 g/mol. The number of nitrogens with one attached hydrogen (secondary N) is 3. The van der Waals surface area contributed by atoms with Gasteiger partial charge in [0.2, 0.25) is 5.89 Å². The molecule has 1 aliphatic heterocycles. The minimum absolute atomic E-state index is 0.0958. The zero-order chi connectivity index (χ0) is 22.3. The van der Waals surface area contributed by atoms with Crippen molar-refractivity contribution >= 4 is 23.3 Å². The molecule has 0 aromatic carbocycles. The number of rotatable bonds is 0. The van der Waals surface area contributed by atoms with E-state index in [1.807, 2.05) is 6.07 Å². The van der Waals surface area contributed by atoms with Gasteiger partial charge in [-0.2, -0.15) is 5.10 Å². The van der Waals surface area contributed by atoms with E-state index in [1.165, 1.54) is 10.9 Å². The Hall–Kier alpha value is -3.95. The van der Waals surface area contributed by atoms with Gasteiger partial charge < -0.3 is 20.4 Å². The topological polar surface area (TPSA) is 127 Å². The molecule has 0 fully saturated rings. The molecule has 3 N–H and O–H groups in total. The second kappa shape index (κ2) is 9.90. The number of carbonyl (C=O) groups excluding carboxylic acids is 2. The Morgan fingerprint density at radius 2 is 1.84 bits per heavy atom. The normalized spacial score (nSPS) is 16.7. The number of carbonyl (C=O) groups is 2. The van der Waals surface area contributed by atoms with Gasteiger partial charge in [-0.1, -0.05) is 12.2 Å². The van der Waals surface area contributed by atoms with Crippen molar-refractivity contribution in [2.45, 2.75) is 25.7 Å². The van der Waals surface area contributed by atoms with Crippen molar-refractivity contribution < 1.29 is 14.0 Å². The van der Waals surface area contributed by atoms with E-state index in [0.717, 1.165) is 32.2 Å². The number of allylic oxidation sites excluding steroid dienone is 2. The highest BCUT2D eigenvalue weighted by atomic mass is 16.3. The van der Waals surface area contributed by atoms with E-state index in [0.29, 0.717) is 29.5 Å². The Labute approximate surface area is 185 Å². The first-order valence-corrected chi connectivity index (χ1v) is 10.5. The minimum atomic E-state index is -0.495. The maximum absolute atomic E-state index is 12.7. The smallest absolute Gasteiger partial charge is 0.277 e. The molecule has 32 heavy (non-hydrogen) atoms. The summed E-state index contributed by atoms with van der Waals surface area (Å²) in [6.07, 6.45) is 12.4. The van der Waals surface area contributed by atoms with Crippen molar-refractivity contribution in [2.24, 2.45) is 7.05 Å². The second-order valence-electron chi connectivity index (χ2n) is 7.43. The molecule has 3 aromatic heterocycles. The third kappa shape index (κ3) is 5.20.